The molecule has 3 heterocycles. The Morgan fingerprint density at radius 3 is 2.53 bits per heavy atom. The zero-order valence-corrected chi connectivity index (χ0v) is 18.5. The summed E-state index contributed by atoms with van der Waals surface area (Å²) >= 11 is 0. The van der Waals surface area contributed by atoms with E-state index >= 15 is 0 Å². The van der Waals surface area contributed by atoms with Gasteiger partial charge in [0.1, 0.15) is 17.5 Å². The monoisotopic (exact) mass is 455 g/mol. The molecule has 172 valence electrons. The maximum Gasteiger partial charge on any atom is 0.257 e. The summed E-state index contributed by atoms with van der Waals surface area (Å²) in [5.74, 6) is 0.479. The van der Waals surface area contributed by atoms with E-state index < -0.39 is 0 Å². The second-order valence-electron chi connectivity index (χ2n) is 7.96. The molecule has 1 amide bonds. The van der Waals surface area contributed by atoms with Crippen molar-refractivity contribution in [2.24, 2.45) is 5.10 Å². The van der Waals surface area contributed by atoms with Gasteiger partial charge in [-0.25, -0.2) is 9.69 Å². The highest BCUT2D eigenvalue weighted by atomic mass is 16.3. The predicted molar refractivity (Wildman–Crippen MR) is 128 cm³/mol. The molecule has 1 atom stereocenters. The molecular weight excluding hydrogens is 430 g/mol. The number of rotatable bonds is 8. The Kier molecular flexibility index (Phi) is 6.33. The lowest BCUT2D eigenvalue weighted by Crippen LogP contribution is -2.36. The van der Waals surface area contributed by atoms with Crippen LogP contribution < -0.4 is 5.32 Å². The summed E-state index contributed by atoms with van der Waals surface area (Å²) in [5.41, 5.74) is 4.34. The van der Waals surface area contributed by atoms with E-state index in [1.807, 2.05) is 83.7 Å². The summed E-state index contributed by atoms with van der Waals surface area (Å²) in [4.78, 5) is 13.0. The second kappa shape index (κ2) is 9.86. The molecule has 0 saturated heterocycles. The van der Waals surface area contributed by atoms with E-state index in [4.69, 9.17) is 19.7 Å². The molecule has 2 aromatic carbocycles. The molecule has 1 unspecified atom stereocenters. The normalized spacial score (nSPS) is 15.5. The van der Waals surface area contributed by atoms with Crippen molar-refractivity contribution in [2.45, 2.75) is 12.5 Å². The molecule has 1 aliphatic heterocycles. The standard InChI is InChI=1S/C26H25N5O3/c32-14-13-27-17-25(33)31-23(24-12-7-15-34-24)16-22(28-31)21-18-30(20-10-5-2-6-11-20)29-26(21)19-8-3-1-4-9-19/h1-12,15,18,23,27,32H,13-14,16-17H2. The third-order valence-electron chi connectivity index (χ3n) is 5.70. The minimum atomic E-state index is -0.350. The number of nitrogens with zero attached hydrogens (tertiary/aromatic N) is 4. The summed E-state index contributed by atoms with van der Waals surface area (Å²) in [5, 5.41) is 23.1. The topological polar surface area (TPSA) is 95.9 Å². The summed E-state index contributed by atoms with van der Waals surface area (Å²) in [7, 11) is 0. The van der Waals surface area contributed by atoms with E-state index in [0.717, 1.165) is 28.2 Å². The van der Waals surface area contributed by atoms with Crippen LogP contribution in [-0.4, -0.2) is 51.2 Å². The third-order valence-corrected chi connectivity index (χ3v) is 5.70. The maximum absolute atomic E-state index is 13.0. The first kappa shape index (κ1) is 21.8. The molecule has 0 fully saturated rings. The molecule has 2 N–H and O–H groups in total. The molecule has 4 aromatic rings. The van der Waals surface area contributed by atoms with Crippen LogP contribution in [0.3, 0.4) is 0 Å². The molecule has 34 heavy (non-hydrogen) atoms. The SMILES string of the molecule is O=C(CNCCO)N1N=C(c2cn(-c3ccccc3)nc2-c2ccccc2)CC1c1ccco1. The van der Waals surface area contributed by atoms with Gasteiger partial charge in [0.25, 0.3) is 5.91 Å². The quantitative estimate of drug-likeness (QED) is 0.397. The summed E-state index contributed by atoms with van der Waals surface area (Å²) in [6.07, 6.45) is 4.07. The van der Waals surface area contributed by atoms with Crippen molar-refractivity contribution in [3.05, 3.63) is 96.6 Å². The molecule has 0 radical (unpaired) electrons. The molecule has 8 nitrogen and oxygen atoms in total. The average molecular weight is 456 g/mol. The number of hydrazone groups is 1. The molecule has 0 aliphatic carbocycles. The maximum atomic E-state index is 13.0. The second-order valence-corrected chi connectivity index (χ2v) is 7.96. The summed E-state index contributed by atoms with van der Waals surface area (Å²) in [6, 6.07) is 23.2. The number of aliphatic hydroxyl groups excluding tert-OH is 1. The predicted octanol–water partition coefficient (Wildman–Crippen LogP) is 3.39. The molecular formula is C26H25N5O3. The number of aromatic nitrogens is 2. The van der Waals surface area contributed by atoms with Gasteiger partial charge in [-0.15, -0.1) is 0 Å². The fourth-order valence-electron chi connectivity index (χ4n) is 4.07. The van der Waals surface area contributed by atoms with Crippen molar-refractivity contribution in [2.75, 3.05) is 19.7 Å². The Bertz CT molecular complexity index is 1270. The van der Waals surface area contributed by atoms with Crippen molar-refractivity contribution in [1.29, 1.82) is 0 Å². The average Bonchev–Trinajstić information content (AvgIpc) is 3.64. The lowest BCUT2D eigenvalue weighted by Gasteiger charge is -2.19. The van der Waals surface area contributed by atoms with Gasteiger partial charge >= 0.3 is 0 Å². The molecule has 8 heteroatoms. The number of benzene rings is 2. The number of carbonyl (C=O) groups excluding carboxylic acids is 1. The number of amides is 1. The Hall–Kier alpha value is -4.01. The molecule has 1 aliphatic rings. The van der Waals surface area contributed by atoms with Crippen LogP contribution in [0, 0.1) is 0 Å². The zero-order valence-electron chi connectivity index (χ0n) is 18.5. The number of aliphatic hydroxyl groups is 1. The van der Waals surface area contributed by atoms with Gasteiger partial charge in [-0.3, -0.25) is 4.79 Å². The van der Waals surface area contributed by atoms with Gasteiger partial charge in [-0.2, -0.15) is 10.2 Å². The van der Waals surface area contributed by atoms with Gasteiger partial charge in [0, 0.05) is 30.3 Å². The fourth-order valence-corrected chi connectivity index (χ4v) is 4.07. The van der Waals surface area contributed by atoms with E-state index in [1.54, 1.807) is 6.26 Å². The van der Waals surface area contributed by atoms with Crippen LogP contribution in [0.25, 0.3) is 16.9 Å². The van der Waals surface area contributed by atoms with E-state index in [1.165, 1.54) is 5.01 Å². The van der Waals surface area contributed by atoms with Gasteiger partial charge in [0.15, 0.2) is 0 Å². The van der Waals surface area contributed by atoms with Crippen LogP contribution in [0.4, 0.5) is 0 Å². The molecule has 0 spiro atoms. The van der Waals surface area contributed by atoms with Crippen LogP contribution >= 0.6 is 0 Å². The molecule has 0 bridgehead atoms. The van der Waals surface area contributed by atoms with E-state index in [2.05, 4.69) is 5.32 Å². The third kappa shape index (κ3) is 4.41. The van der Waals surface area contributed by atoms with Gasteiger partial charge in [-0.05, 0) is 24.3 Å². The van der Waals surface area contributed by atoms with Crippen molar-refractivity contribution < 1.29 is 14.3 Å². The molecule has 5 rings (SSSR count). The summed E-state index contributed by atoms with van der Waals surface area (Å²) in [6.45, 7) is 0.370. The van der Waals surface area contributed by atoms with Crippen molar-refractivity contribution in [1.82, 2.24) is 20.1 Å². The fraction of sp³-hybridized carbons (Fsp3) is 0.192. The van der Waals surface area contributed by atoms with Crippen molar-refractivity contribution in [3.63, 3.8) is 0 Å². The highest BCUT2D eigenvalue weighted by Gasteiger charge is 2.36. The number of hydrogen-bond acceptors (Lipinski definition) is 6. The highest BCUT2D eigenvalue weighted by molar-refractivity contribution is 6.07. The number of carbonyl (C=O) groups is 1. The van der Waals surface area contributed by atoms with Gasteiger partial charge in [-0.1, -0.05) is 48.5 Å². The highest BCUT2D eigenvalue weighted by Crippen LogP contribution is 2.35. The van der Waals surface area contributed by atoms with Gasteiger partial charge < -0.3 is 14.8 Å². The lowest BCUT2D eigenvalue weighted by atomic mass is 10.00. The van der Waals surface area contributed by atoms with Gasteiger partial charge in [0.2, 0.25) is 0 Å². The number of nitrogens with one attached hydrogen (secondary N) is 1. The smallest absolute Gasteiger partial charge is 0.257 e. The number of para-hydroxylation sites is 1. The van der Waals surface area contributed by atoms with E-state index in [0.29, 0.717) is 18.7 Å². The Morgan fingerprint density at radius 1 is 1.06 bits per heavy atom. The Balaban J connectivity index is 1.55. The first-order chi connectivity index (χ1) is 16.7. The van der Waals surface area contributed by atoms with Crippen LogP contribution in [-0.2, 0) is 4.79 Å². The number of hydrogen-bond donors (Lipinski definition) is 2. The van der Waals surface area contributed by atoms with Crippen LogP contribution in [0.5, 0.6) is 0 Å². The lowest BCUT2D eigenvalue weighted by molar-refractivity contribution is -0.132. The van der Waals surface area contributed by atoms with Crippen molar-refractivity contribution in [3.8, 4) is 16.9 Å². The first-order valence-corrected chi connectivity index (χ1v) is 11.2. The molecule has 2 aromatic heterocycles. The molecule has 0 saturated carbocycles. The van der Waals surface area contributed by atoms with Crippen LogP contribution in [0.15, 0.2) is 94.8 Å². The summed E-state index contributed by atoms with van der Waals surface area (Å²) < 4.78 is 7.49. The van der Waals surface area contributed by atoms with Gasteiger partial charge in [0.05, 0.1) is 30.8 Å². The Morgan fingerprint density at radius 2 is 1.82 bits per heavy atom. The van der Waals surface area contributed by atoms with Crippen LogP contribution in [0.1, 0.15) is 23.8 Å². The first-order valence-electron chi connectivity index (χ1n) is 11.2. The van der Waals surface area contributed by atoms with E-state index in [-0.39, 0.29) is 25.1 Å². The number of furan rings is 1. The largest absolute Gasteiger partial charge is 0.467 e. The minimum absolute atomic E-state index is 0.0392. The van der Waals surface area contributed by atoms with Crippen LogP contribution in [0.2, 0.25) is 0 Å². The minimum Gasteiger partial charge on any atom is -0.467 e. The van der Waals surface area contributed by atoms with Crippen molar-refractivity contribution >= 4 is 11.6 Å². The Labute approximate surface area is 197 Å². The zero-order chi connectivity index (χ0) is 23.3. The van der Waals surface area contributed by atoms with E-state index in [9.17, 15) is 4.79 Å².